The molecule has 0 amide bonds. The van der Waals surface area contributed by atoms with Crippen LogP contribution in [-0.2, 0) is 12.6 Å². The van der Waals surface area contributed by atoms with Crippen molar-refractivity contribution in [2.45, 2.75) is 12.6 Å². The lowest BCUT2D eigenvalue weighted by Crippen LogP contribution is -2.04. The maximum absolute atomic E-state index is 12.5. The molecule has 0 saturated heterocycles. The molecule has 0 aliphatic heterocycles. The minimum absolute atomic E-state index is 0.608. The minimum atomic E-state index is -4.28. The van der Waals surface area contributed by atoms with Crippen molar-refractivity contribution in [3.05, 3.63) is 76.9 Å². The molecule has 3 heteroatoms. The molecule has 0 nitrogen and oxygen atoms in total. The van der Waals surface area contributed by atoms with Crippen LogP contribution >= 0.6 is 0 Å². The quantitative estimate of drug-likeness (QED) is 0.697. The Bertz CT molecular complexity index is 634. The van der Waals surface area contributed by atoms with Crippen molar-refractivity contribution in [3.8, 4) is 0 Å². The molecule has 19 heavy (non-hydrogen) atoms. The average Bonchev–Trinajstić information content (AvgIpc) is 2.82. The molecule has 0 aromatic heterocycles. The van der Waals surface area contributed by atoms with Crippen LogP contribution in [0.25, 0.3) is 5.57 Å². The van der Waals surface area contributed by atoms with Gasteiger partial charge in [0.1, 0.15) is 0 Å². The fourth-order valence-electron chi connectivity index (χ4n) is 2.40. The lowest BCUT2D eigenvalue weighted by Gasteiger charge is -2.09. The van der Waals surface area contributed by atoms with E-state index >= 15 is 0 Å². The van der Waals surface area contributed by atoms with Gasteiger partial charge in [-0.05, 0) is 40.8 Å². The second-order valence-corrected chi connectivity index (χ2v) is 4.55. The van der Waals surface area contributed by atoms with Crippen LogP contribution in [-0.4, -0.2) is 0 Å². The highest BCUT2D eigenvalue weighted by atomic mass is 19.4. The third kappa shape index (κ3) is 2.16. The van der Waals surface area contributed by atoms with Crippen LogP contribution in [0.1, 0.15) is 22.3 Å². The molecule has 1 aliphatic carbocycles. The summed E-state index contributed by atoms with van der Waals surface area (Å²) in [7, 11) is 0. The first-order valence-corrected chi connectivity index (χ1v) is 6.02. The Balaban J connectivity index is 1.97. The van der Waals surface area contributed by atoms with Crippen molar-refractivity contribution >= 4 is 5.57 Å². The SMILES string of the molecule is FC(F)(F)c1ccc(C2=CCc3ccccc32)cc1. The predicted octanol–water partition coefficient (Wildman–Crippen LogP) is 4.69. The number of hydrogen-bond acceptors (Lipinski definition) is 0. The standard InChI is InChI=1S/C16H11F3/c17-16(18,19)13-8-5-12(6-9-13)15-10-7-11-3-1-2-4-14(11)15/h1-6,8-10H,7H2. The van der Waals surface area contributed by atoms with Gasteiger partial charge in [-0.2, -0.15) is 13.2 Å². The Morgan fingerprint density at radius 2 is 1.53 bits per heavy atom. The summed E-state index contributed by atoms with van der Waals surface area (Å²) in [5.41, 5.74) is 3.57. The first kappa shape index (κ1) is 12.0. The van der Waals surface area contributed by atoms with Crippen LogP contribution in [0.15, 0.2) is 54.6 Å². The monoisotopic (exact) mass is 260 g/mol. The fourth-order valence-corrected chi connectivity index (χ4v) is 2.40. The van der Waals surface area contributed by atoms with Crippen LogP contribution < -0.4 is 0 Å². The number of halogens is 3. The summed E-state index contributed by atoms with van der Waals surface area (Å²) < 4.78 is 37.6. The van der Waals surface area contributed by atoms with Gasteiger partial charge in [0.2, 0.25) is 0 Å². The summed E-state index contributed by atoms with van der Waals surface area (Å²) >= 11 is 0. The van der Waals surface area contributed by atoms with E-state index in [0.29, 0.717) is 0 Å². The lowest BCUT2D eigenvalue weighted by molar-refractivity contribution is -0.137. The van der Waals surface area contributed by atoms with E-state index in [1.165, 1.54) is 17.7 Å². The van der Waals surface area contributed by atoms with Crippen LogP contribution in [0.3, 0.4) is 0 Å². The van der Waals surface area contributed by atoms with E-state index in [1.807, 2.05) is 24.3 Å². The normalized spacial score (nSPS) is 14.2. The van der Waals surface area contributed by atoms with E-state index in [-0.39, 0.29) is 0 Å². The van der Waals surface area contributed by atoms with Gasteiger partial charge in [0, 0.05) is 0 Å². The van der Waals surface area contributed by atoms with Crippen LogP contribution in [0.5, 0.6) is 0 Å². The molecule has 2 aromatic rings. The van der Waals surface area contributed by atoms with Gasteiger partial charge < -0.3 is 0 Å². The third-order valence-electron chi connectivity index (χ3n) is 3.36. The van der Waals surface area contributed by atoms with E-state index in [0.717, 1.165) is 35.3 Å². The minimum Gasteiger partial charge on any atom is -0.166 e. The van der Waals surface area contributed by atoms with Crippen LogP contribution in [0.2, 0.25) is 0 Å². The fraction of sp³-hybridized carbons (Fsp3) is 0.125. The largest absolute Gasteiger partial charge is 0.416 e. The van der Waals surface area contributed by atoms with Gasteiger partial charge in [-0.15, -0.1) is 0 Å². The zero-order valence-corrected chi connectivity index (χ0v) is 10.0. The second-order valence-electron chi connectivity index (χ2n) is 4.55. The van der Waals surface area contributed by atoms with Gasteiger partial charge in [0.25, 0.3) is 0 Å². The molecule has 2 aromatic carbocycles. The summed E-state index contributed by atoms with van der Waals surface area (Å²) in [4.78, 5) is 0. The Morgan fingerprint density at radius 1 is 0.842 bits per heavy atom. The highest BCUT2D eigenvalue weighted by Gasteiger charge is 2.30. The summed E-state index contributed by atoms with van der Waals surface area (Å²) in [6.45, 7) is 0. The van der Waals surface area contributed by atoms with Gasteiger partial charge in [-0.1, -0.05) is 42.5 Å². The first-order valence-electron chi connectivity index (χ1n) is 6.02. The molecule has 1 aliphatic rings. The zero-order chi connectivity index (χ0) is 13.5. The van der Waals surface area contributed by atoms with E-state index in [4.69, 9.17) is 0 Å². The molecule has 0 N–H and O–H groups in total. The van der Waals surface area contributed by atoms with E-state index in [1.54, 1.807) is 0 Å². The zero-order valence-electron chi connectivity index (χ0n) is 10.0. The number of allylic oxidation sites excluding steroid dienone is 1. The Hall–Kier alpha value is -2.03. The number of fused-ring (bicyclic) bond motifs is 1. The Kier molecular flexibility index (Phi) is 2.70. The van der Waals surface area contributed by atoms with Crippen molar-refractivity contribution in [2.24, 2.45) is 0 Å². The van der Waals surface area contributed by atoms with Crippen LogP contribution in [0.4, 0.5) is 13.2 Å². The number of alkyl halides is 3. The molecule has 0 unspecified atom stereocenters. The van der Waals surface area contributed by atoms with Gasteiger partial charge in [-0.3, -0.25) is 0 Å². The number of rotatable bonds is 1. The van der Waals surface area contributed by atoms with E-state index < -0.39 is 11.7 Å². The van der Waals surface area contributed by atoms with Crippen molar-refractivity contribution in [1.29, 1.82) is 0 Å². The summed E-state index contributed by atoms with van der Waals surface area (Å²) in [6, 6.07) is 13.3. The lowest BCUT2D eigenvalue weighted by atomic mass is 9.98. The van der Waals surface area contributed by atoms with Gasteiger partial charge in [0.05, 0.1) is 5.56 Å². The molecular weight excluding hydrogens is 249 g/mol. The molecule has 0 spiro atoms. The van der Waals surface area contributed by atoms with Crippen molar-refractivity contribution in [2.75, 3.05) is 0 Å². The topological polar surface area (TPSA) is 0 Å². The molecule has 0 atom stereocenters. The smallest absolute Gasteiger partial charge is 0.166 e. The average molecular weight is 260 g/mol. The van der Waals surface area contributed by atoms with Crippen molar-refractivity contribution in [1.82, 2.24) is 0 Å². The van der Waals surface area contributed by atoms with Crippen LogP contribution in [0, 0.1) is 0 Å². The third-order valence-corrected chi connectivity index (χ3v) is 3.36. The molecular formula is C16H11F3. The summed E-state index contributed by atoms with van der Waals surface area (Å²) in [6.07, 6.45) is -1.37. The van der Waals surface area contributed by atoms with Gasteiger partial charge in [-0.25, -0.2) is 0 Å². The highest BCUT2D eigenvalue weighted by molar-refractivity contribution is 5.84. The second kappa shape index (κ2) is 4.26. The highest BCUT2D eigenvalue weighted by Crippen LogP contribution is 2.34. The van der Waals surface area contributed by atoms with Crippen molar-refractivity contribution < 1.29 is 13.2 Å². The van der Waals surface area contributed by atoms with Gasteiger partial charge >= 0.3 is 6.18 Å². The molecule has 96 valence electrons. The Labute approximate surface area is 109 Å². The summed E-state index contributed by atoms with van der Waals surface area (Å²) in [5, 5.41) is 0. The van der Waals surface area contributed by atoms with E-state index in [2.05, 4.69) is 6.08 Å². The Morgan fingerprint density at radius 3 is 2.21 bits per heavy atom. The summed E-state index contributed by atoms with van der Waals surface area (Å²) in [5.74, 6) is 0. The molecule has 0 radical (unpaired) electrons. The van der Waals surface area contributed by atoms with Crippen molar-refractivity contribution in [3.63, 3.8) is 0 Å². The van der Waals surface area contributed by atoms with Gasteiger partial charge in [0.15, 0.2) is 0 Å². The molecule has 0 heterocycles. The maximum atomic E-state index is 12.5. The predicted molar refractivity (Wildman–Crippen MR) is 68.7 cm³/mol. The first-order chi connectivity index (χ1) is 9.05. The molecule has 0 saturated carbocycles. The number of benzene rings is 2. The number of hydrogen-bond donors (Lipinski definition) is 0. The maximum Gasteiger partial charge on any atom is 0.416 e. The molecule has 3 rings (SSSR count). The molecule has 0 bridgehead atoms. The van der Waals surface area contributed by atoms with E-state index in [9.17, 15) is 13.2 Å². The molecule has 0 fully saturated rings.